The van der Waals surface area contributed by atoms with E-state index in [2.05, 4.69) is 20.6 Å². The number of aromatic nitrogens is 2. The number of benzene rings is 2. The van der Waals surface area contributed by atoms with Crippen molar-refractivity contribution in [1.82, 2.24) is 9.97 Å². The smallest absolute Gasteiger partial charge is 0.416 e. The number of rotatable bonds is 4. The van der Waals surface area contributed by atoms with Gasteiger partial charge >= 0.3 is 12.2 Å². The third-order valence-corrected chi connectivity index (χ3v) is 4.21. The maximum atomic E-state index is 12.8. The normalized spacial score (nSPS) is 11.3. The molecule has 0 bridgehead atoms. The molecule has 3 N–H and O–H groups in total. The minimum atomic E-state index is -4.48. The average Bonchev–Trinajstić information content (AvgIpc) is 3.19. The molecule has 152 valence electrons. The van der Waals surface area contributed by atoms with Crippen LogP contribution in [0.5, 0.6) is 11.5 Å². The van der Waals surface area contributed by atoms with Crippen LogP contribution in [0.25, 0.3) is 11.0 Å². The van der Waals surface area contributed by atoms with Crippen molar-refractivity contribution in [2.75, 3.05) is 10.6 Å². The van der Waals surface area contributed by atoms with E-state index >= 15 is 0 Å². The van der Waals surface area contributed by atoms with E-state index < -0.39 is 17.8 Å². The number of hydrogen-bond acceptors (Lipinski definition) is 3. The van der Waals surface area contributed by atoms with Crippen LogP contribution in [-0.4, -0.2) is 16.0 Å². The van der Waals surface area contributed by atoms with Crippen molar-refractivity contribution in [1.29, 1.82) is 0 Å². The predicted molar refractivity (Wildman–Crippen MR) is 107 cm³/mol. The second kappa shape index (κ2) is 7.78. The summed E-state index contributed by atoms with van der Waals surface area (Å²) < 4.78 is 44.2. The van der Waals surface area contributed by atoms with Gasteiger partial charge in [-0.05, 0) is 54.6 Å². The van der Waals surface area contributed by atoms with Crippen molar-refractivity contribution in [2.24, 2.45) is 0 Å². The number of hydrogen-bond donors (Lipinski definition) is 3. The van der Waals surface area contributed by atoms with E-state index in [0.717, 1.165) is 17.5 Å². The fourth-order valence-corrected chi connectivity index (χ4v) is 2.82. The first kappa shape index (κ1) is 19.3. The molecular weight excluding hydrogens is 397 g/mol. The van der Waals surface area contributed by atoms with E-state index in [9.17, 15) is 18.0 Å². The van der Waals surface area contributed by atoms with Gasteiger partial charge in [-0.1, -0.05) is 6.07 Å². The monoisotopic (exact) mass is 412 g/mol. The number of fused-ring (bicyclic) bond motifs is 1. The number of aromatic amines is 1. The van der Waals surface area contributed by atoms with Crippen LogP contribution < -0.4 is 15.4 Å². The van der Waals surface area contributed by atoms with E-state index in [1.54, 1.807) is 42.7 Å². The lowest BCUT2D eigenvalue weighted by molar-refractivity contribution is -0.137. The number of nitrogens with one attached hydrogen (secondary N) is 3. The molecule has 6 nitrogen and oxygen atoms in total. The summed E-state index contributed by atoms with van der Waals surface area (Å²) in [7, 11) is 0. The molecule has 2 heterocycles. The van der Waals surface area contributed by atoms with Gasteiger partial charge < -0.3 is 20.4 Å². The first-order valence-corrected chi connectivity index (χ1v) is 8.84. The van der Waals surface area contributed by atoms with Crippen molar-refractivity contribution in [3.63, 3.8) is 0 Å². The van der Waals surface area contributed by atoms with Crippen LogP contribution in [0.4, 0.5) is 29.3 Å². The molecule has 0 fully saturated rings. The van der Waals surface area contributed by atoms with Gasteiger partial charge in [-0.25, -0.2) is 9.78 Å². The number of halogens is 3. The second-order valence-electron chi connectivity index (χ2n) is 6.33. The first-order chi connectivity index (χ1) is 14.4. The first-order valence-electron chi connectivity index (χ1n) is 8.84. The van der Waals surface area contributed by atoms with Gasteiger partial charge in [0, 0.05) is 23.8 Å². The zero-order valence-corrected chi connectivity index (χ0v) is 15.3. The number of alkyl halides is 3. The molecule has 0 aliphatic heterocycles. The number of anilines is 2. The lowest BCUT2D eigenvalue weighted by atomic mass is 10.2. The third kappa shape index (κ3) is 4.35. The Bertz CT molecular complexity index is 1190. The molecule has 0 unspecified atom stereocenters. The quantitative estimate of drug-likeness (QED) is 0.384. The Balaban J connectivity index is 1.40. The zero-order chi connectivity index (χ0) is 21.1. The number of H-pyrrole nitrogens is 1. The maximum absolute atomic E-state index is 12.8. The molecule has 0 saturated carbocycles. The Kier molecular flexibility index (Phi) is 5.01. The lowest BCUT2D eigenvalue weighted by Gasteiger charge is -2.11. The van der Waals surface area contributed by atoms with Crippen molar-refractivity contribution in [2.45, 2.75) is 6.18 Å². The summed E-state index contributed by atoms with van der Waals surface area (Å²) in [6.07, 6.45) is -1.09. The van der Waals surface area contributed by atoms with Crippen molar-refractivity contribution in [3.8, 4) is 11.5 Å². The van der Waals surface area contributed by atoms with E-state index in [1.165, 1.54) is 12.1 Å². The molecule has 2 amide bonds. The van der Waals surface area contributed by atoms with Crippen LogP contribution in [-0.2, 0) is 6.18 Å². The Hall–Kier alpha value is -4.01. The van der Waals surface area contributed by atoms with Gasteiger partial charge in [-0.15, -0.1) is 0 Å². The molecule has 30 heavy (non-hydrogen) atoms. The van der Waals surface area contributed by atoms with Gasteiger partial charge in [0.15, 0.2) is 0 Å². The topological polar surface area (TPSA) is 79.0 Å². The van der Waals surface area contributed by atoms with Gasteiger partial charge in [-0.2, -0.15) is 13.2 Å². The summed E-state index contributed by atoms with van der Waals surface area (Å²) in [4.78, 5) is 19.3. The summed E-state index contributed by atoms with van der Waals surface area (Å²) in [5.41, 5.74) is 0.357. The Labute approximate surface area is 168 Å². The molecule has 0 radical (unpaired) electrons. The van der Waals surface area contributed by atoms with Crippen LogP contribution in [0.15, 0.2) is 73.1 Å². The molecule has 9 heteroatoms. The zero-order valence-electron chi connectivity index (χ0n) is 15.3. The predicted octanol–water partition coefficient (Wildman–Crippen LogP) is 6.02. The third-order valence-electron chi connectivity index (χ3n) is 4.21. The lowest BCUT2D eigenvalue weighted by Crippen LogP contribution is -2.19. The van der Waals surface area contributed by atoms with Crippen molar-refractivity contribution >= 4 is 28.4 Å². The number of carbonyl (C=O) groups excluding carboxylic acids is 1. The van der Waals surface area contributed by atoms with Crippen LogP contribution >= 0.6 is 0 Å². The summed E-state index contributed by atoms with van der Waals surface area (Å²) in [5.74, 6) is 1.18. The molecular formula is C21H15F3N4O2. The molecule has 0 aliphatic carbocycles. The Morgan fingerprint density at radius 3 is 2.50 bits per heavy atom. The molecule has 0 aliphatic rings. The minimum Gasteiger partial charge on any atom is -0.457 e. The molecule has 4 rings (SSSR count). The van der Waals surface area contributed by atoms with Crippen LogP contribution in [0.3, 0.4) is 0 Å². The van der Waals surface area contributed by atoms with Crippen molar-refractivity contribution < 1.29 is 22.7 Å². The number of carbonyl (C=O) groups is 1. The summed E-state index contributed by atoms with van der Waals surface area (Å²) in [6, 6.07) is 13.9. The van der Waals surface area contributed by atoms with Crippen molar-refractivity contribution in [3.05, 3.63) is 78.6 Å². The summed E-state index contributed by atoms with van der Waals surface area (Å²) in [6.45, 7) is 0. The number of urea groups is 1. The molecule has 2 aromatic heterocycles. The molecule has 4 aromatic rings. The van der Waals surface area contributed by atoms with Crippen LogP contribution in [0, 0.1) is 0 Å². The standard InChI is InChI=1S/C21H15F3N4O2/c22-21(23,24)13-2-1-3-15(12-13)28-20(29)27-14-4-6-16(7-5-14)30-18-9-11-26-19-17(18)8-10-25-19/h1-12H,(H,25,26)(H2,27,28,29). The number of ether oxygens (including phenoxy) is 1. The van der Waals surface area contributed by atoms with Crippen LogP contribution in [0.1, 0.15) is 5.56 Å². The van der Waals surface area contributed by atoms with E-state index in [0.29, 0.717) is 22.8 Å². The van der Waals surface area contributed by atoms with Gasteiger partial charge in [0.2, 0.25) is 0 Å². The number of amides is 2. The van der Waals surface area contributed by atoms with E-state index in [-0.39, 0.29) is 5.69 Å². The Morgan fingerprint density at radius 2 is 1.73 bits per heavy atom. The van der Waals surface area contributed by atoms with E-state index in [4.69, 9.17) is 4.74 Å². The minimum absolute atomic E-state index is 0.0375. The number of nitrogens with zero attached hydrogens (tertiary/aromatic N) is 1. The molecule has 0 atom stereocenters. The average molecular weight is 412 g/mol. The van der Waals surface area contributed by atoms with Gasteiger partial charge in [0.1, 0.15) is 17.1 Å². The highest BCUT2D eigenvalue weighted by molar-refractivity contribution is 5.99. The largest absolute Gasteiger partial charge is 0.457 e. The van der Waals surface area contributed by atoms with Gasteiger partial charge in [0.25, 0.3) is 0 Å². The Morgan fingerprint density at radius 1 is 0.967 bits per heavy atom. The highest BCUT2D eigenvalue weighted by Crippen LogP contribution is 2.31. The molecule has 2 aromatic carbocycles. The number of pyridine rings is 1. The van der Waals surface area contributed by atoms with Crippen LogP contribution in [0.2, 0.25) is 0 Å². The summed E-state index contributed by atoms with van der Waals surface area (Å²) >= 11 is 0. The second-order valence-corrected chi connectivity index (χ2v) is 6.33. The maximum Gasteiger partial charge on any atom is 0.416 e. The highest BCUT2D eigenvalue weighted by Gasteiger charge is 2.30. The fraction of sp³-hybridized carbons (Fsp3) is 0.0476. The summed E-state index contributed by atoms with van der Waals surface area (Å²) in [5, 5.41) is 5.78. The molecule has 0 saturated heterocycles. The van der Waals surface area contributed by atoms with Gasteiger partial charge in [-0.3, -0.25) is 0 Å². The SMILES string of the molecule is O=C(Nc1ccc(Oc2ccnc3[nH]ccc23)cc1)Nc1cccc(C(F)(F)F)c1. The van der Waals surface area contributed by atoms with Gasteiger partial charge in [0.05, 0.1) is 10.9 Å². The van der Waals surface area contributed by atoms with E-state index in [1.807, 2.05) is 6.07 Å². The fourth-order valence-electron chi connectivity index (χ4n) is 2.82. The molecule has 0 spiro atoms. The highest BCUT2D eigenvalue weighted by atomic mass is 19.4.